The van der Waals surface area contributed by atoms with E-state index in [9.17, 15) is 4.79 Å². The molecule has 0 N–H and O–H groups in total. The first kappa shape index (κ1) is 11.8. The van der Waals surface area contributed by atoms with Gasteiger partial charge in [-0.25, -0.2) is 0 Å². The van der Waals surface area contributed by atoms with Crippen molar-refractivity contribution in [1.82, 2.24) is 0 Å². The molecule has 0 amide bonds. The summed E-state index contributed by atoms with van der Waals surface area (Å²) in [6, 6.07) is 11.6. The van der Waals surface area contributed by atoms with Gasteiger partial charge in [0.1, 0.15) is 0 Å². The van der Waals surface area contributed by atoms with Crippen LogP contribution in [0.3, 0.4) is 0 Å². The van der Waals surface area contributed by atoms with Crippen LogP contribution in [0.1, 0.15) is 27.0 Å². The lowest BCUT2D eigenvalue weighted by molar-refractivity contribution is 0.103. The quantitative estimate of drug-likeness (QED) is 0.704. The Morgan fingerprint density at radius 1 is 1.11 bits per heavy atom. The molecule has 1 aliphatic heterocycles. The molecule has 1 aliphatic rings. The Morgan fingerprint density at radius 3 is 2.78 bits per heavy atom. The number of benzene rings is 2. The van der Waals surface area contributed by atoms with Gasteiger partial charge in [-0.05, 0) is 36.8 Å². The van der Waals surface area contributed by atoms with Crippen molar-refractivity contribution in [3.05, 3.63) is 63.7 Å². The topological polar surface area (TPSA) is 17.1 Å². The predicted molar refractivity (Wildman–Crippen MR) is 75.6 cm³/mol. The number of thioether (sulfide) groups is 1. The Balaban J connectivity index is 2.22. The molecular formula is C15H11ClOS. The number of fused-ring (bicyclic) bond motifs is 2. The second-order valence-electron chi connectivity index (χ2n) is 4.42. The van der Waals surface area contributed by atoms with Gasteiger partial charge in [-0.1, -0.05) is 29.3 Å². The summed E-state index contributed by atoms with van der Waals surface area (Å²) in [7, 11) is 0. The molecule has 2 aromatic carbocycles. The van der Waals surface area contributed by atoms with Gasteiger partial charge in [0.05, 0.1) is 0 Å². The maximum atomic E-state index is 12.6. The maximum absolute atomic E-state index is 12.6. The Bertz CT molecular complexity index is 593. The number of halogens is 1. The average Bonchev–Trinajstić information content (AvgIpc) is 2.49. The fraction of sp³-hybridized carbons (Fsp3) is 0.133. The molecule has 0 spiro atoms. The van der Waals surface area contributed by atoms with E-state index in [1.165, 1.54) is 0 Å². The fourth-order valence-electron chi connectivity index (χ4n) is 2.13. The van der Waals surface area contributed by atoms with E-state index in [0.29, 0.717) is 5.02 Å². The summed E-state index contributed by atoms with van der Waals surface area (Å²) in [6.45, 7) is 2.00. The lowest BCUT2D eigenvalue weighted by atomic mass is 9.97. The molecule has 2 aromatic rings. The van der Waals surface area contributed by atoms with Crippen molar-refractivity contribution in [2.24, 2.45) is 0 Å². The van der Waals surface area contributed by atoms with Crippen LogP contribution in [0.15, 0.2) is 41.3 Å². The minimum Gasteiger partial charge on any atom is -0.289 e. The SMILES string of the molecule is Cc1ccc2c(c1)C(=O)c1cc(Cl)ccc1SC2. The highest BCUT2D eigenvalue weighted by Crippen LogP contribution is 2.35. The van der Waals surface area contributed by atoms with E-state index in [1.54, 1.807) is 17.8 Å². The van der Waals surface area contributed by atoms with Crippen molar-refractivity contribution in [1.29, 1.82) is 0 Å². The van der Waals surface area contributed by atoms with E-state index in [4.69, 9.17) is 11.6 Å². The zero-order chi connectivity index (χ0) is 12.7. The molecule has 3 heteroatoms. The van der Waals surface area contributed by atoms with Gasteiger partial charge in [-0.15, -0.1) is 11.8 Å². The molecule has 0 radical (unpaired) electrons. The van der Waals surface area contributed by atoms with Crippen LogP contribution >= 0.6 is 23.4 Å². The van der Waals surface area contributed by atoms with Gasteiger partial charge >= 0.3 is 0 Å². The Kier molecular flexibility index (Phi) is 2.92. The molecule has 90 valence electrons. The third-order valence-electron chi connectivity index (χ3n) is 3.08. The highest BCUT2D eigenvalue weighted by Gasteiger charge is 2.21. The molecular weight excluding hydrogens is 264 g/mol. The number of carbonyl (C=O) groups is 1. The van der Waals surface area contributed by atoms with Crippen LogP contribution in [0.5, 0.6) is 0 Å². The van der Waals surface area contributed by atoms with Crippen molar-refractivity contribution in [3.63, 3.8) is 0 Å². The van der Waals surface area contributed by atoms with E-state index >= 15 is 0 Å². The van der Waals surface area contributed by atoms with Gasteiger partial charge in [-0.2, -0.15) is 0 Å². The summed E-state index contributed by atoms with van der Waals surface area (Å²) in [5, 5.41) is 0.610. The minimum absolute atomic E-state index is 0.0798. The van der Waals surface area contributed by atoms with Gasteiger partial charge in [-0.3, -0.25) is 4.79 Å². The minimum atomic E-state index is 0.0798. The first-order chi connectivity index (χ1) is 8.65. The largest absolute Gasteiger partial charge is 0.289 e. The van der Waals surface area contributed by atoms with Gasteiger partial charge < -0.3 is 0 Å². The number of hydrogen-bond acceptors (Lipinski definition) is 2. The summed E-state index contributed by atoms with van der Waals surface area (Å²) < 4.78 is 0. The van der Waals surface area contributed by atoms with Crippen LogP contribution in [0.2, 0.25) is 5.02 Å². The molecule has 0 fully saturated rings. The third kappa shape index (κ3) is 1.96. The number of hydrogen-bond donors (Lipinski definition) is 0. The molecule has 0 aromatic heterocycles. The van der Waals surface area contributed by atoms with E-state index in [1.807, 2.05) is 31.2 Å². The van der Waals surface area contributed by atoms with Gasteiger partial charge in [0.15, 0.2) is 5.78 Å². The van der Waals surface area contributed by atoms with E-state index in [2.05, 4.69) is 6.07 Å². The normalized spacial score (nSPS) is 13.8. The monoisotopic (exact) mass is 274 g/mol. The van der Waals surface area contributed by atoms with Crippen LogP contribution in [0, 0.1) is 6.92 Å². The van der Waals surface area contributed by atoms with Crippen molar-refractivity contribution in [2.75, 3.05) is 0 Å². The van der Waals surface area contributed by atoms with Gasteiger partial charge in [0.25, 0.3) is 0 Å². The molecule has 0 saturated heterocycles. The highest BCUT2D eigenvalue weighted by molar-refractivity contribution is 7.98. The van der Waals surface area contributed by atoms with E-state index in [-0.39, 0.29) is 5.78 Å². The fourth-order valence-corrected chi connectivity index (χ4v) is 3.34. The molecule has 1 heterocycles. The number of carbonyl (C=O) groups excluding carboxylic acids is 1. The Labute approximate surface area is 115 Å². The zero-order valence-electron chi connectivity index (χ0n) is 9.87. The van der Waals surface area contributed by atoms with Gasteiger partial charge in [0, 0.05) is 26.8 Å². The number of ketones is 1. The van der Waals surface area contributed by atoms with Crippen LogP contribution < -0.4 is 0 Å². The highest BCUT2D eigenvalue weighted by atomic mass is 35.5. The molecule has 1 nitrogen and oxygen atoms in total. The first-order valence-electron chi connectivity index (χ1n) is 5.72. The van der Waals surface area contributed by atoms with Crippen LogP contribution in [-0.2, 0) is 5.75 Å². The van der Waals surface area contributed by atoms with Crippen LogP contribution in [0.25, 0.3) is 0 Å². The molecule has 0 bridgehead atoms. The summed E-state index contributed by atoms with van der Waals surface area (Å²) in [5.41, 5.74) is 3.74. The van der Waals surface area contributed by atoms with Crippen molar-refractivity contribution < 1.29 is 4.79 Å². The van der Waals surface area contributed by atoms with Crippen molar-refractivity contribution >= 4 is 29.1 Å². The van der Waals surface area contributed by atoms with Gasteiger partial charge in [0.2, 0.25) is 0 Å². The van der Waals surface area contributed by atoms with Crippen molar-refractivity contribution in [2.45, 2.75) is 17.6 Å². The summed E-state index contributed by atoms with van der Waals surface area (Å²) in [6.07, 6.45) is 0. The maximum Gasteiger partial charge on any atom is 0.194 e. The summed E-state index contributed by atoms with van der Waals surface area (Å²) in [4.78, 5) is 13.6. The standard InChI is InChI=1S/C15H11ClOS/c1-9-2-3-10-8-18-14-5-4-11(16)7-13(14)15(17)12(10)6-9/h2-7H,8H2,1H3. The van der Waals surface area contributed by atoms with Crippen LogP contribution in [0.4, 0.5) is 0 Å². The Morgan fingerprint density at radius 2 is 1.94 bits per heavy atom. The third-order valence-corrected chi connectivity index (χ3v) is 4.44. The molecule has 3 rings (SSSR count). The second-order valence-corrected chi connectivity index (χ2v) is 5.87. The molecule has 0 aliphatic carbocycles. The predicted octanol–water partition coefficient (Wildman–Crippen LogP) is 4.49. The van der Waals surface area contributed by atoms with E-state index in [0.717, 1.165) is 32.9 Å². The molecule has 0 atom stereocenters. The number of aryl methyl sites for hydroxylation is 1. The summed E-state index contributed by atoms with van der Waals surface area (Å²) >= 11 is 7.68. The lowest BCUT2D eigenvalue weighted by Gasteiger charge is -2.05. The first-order valence-corrected chi connectivity index (χ1v) is 7.08. The molecule has 18 heavy (non-hydrogen) atoms. The van der Waals surface area contributed by atoms with E-state index < -0.39 is 0 Å². The molecule has 0 saturated carbocycles. The smallest absolute Gasteiger partial charge is 0.194 e. The molecule has 0 unspecified atom stereocenters. The lowest BCUT2D eigenvalue weighted by Crippen LogP contribution is -2.04. The zero-order valence-corrected chi connectivity index (χ0v) is 11.4. The second kappa shape index (κ2) is 4.45. The Hall–Kier alpha value is -1.25. The summed E-state index contributed by atoms with van der Waals surface area (Å²) in [5.74, 6) is 0.909. The van der Waals surface area contributed by atoms with Crippen molar-refractivity contribution in [3.8, 4) is 0 Å². The average molecular weight is 275 g/mol. The van der Waals surface area contributed by atoms with Crippen LogP contribution in [-0.4, -0.2) is 5.78 Å². The number of rotatable bonds is 0.